The molecule has 0 N–H and O–H groups in total. The normalized spacial score (nSPS) is 21.7. The van der Waals surface area contributed by atoms with Crippen LogP contribution in [0.5, 0.6) is 0 Å². The highest BCUT2D eigenvalue weighted by molar-refractivity contribution is 9.09. The number of benzene rings is 2. The van der Waals surface area contributed by atoms with Crippen molar-refractivity contribution < 1.29 is 8.78 Å². The van der Waals surface area contributed by atoms with Crippen LogP contribution < -0.4 is 0 Å². The molecule has 0 bridgehead atoms. The average molecular weight is 351 g/mol. The summed E-state index contributed by atoms with van der Waals surface area (Å²) in [6.07, 6.45) is 3.94. The van der Waals surface area contributed by atoms with Crippen molar-refractivity contribution in [1.82, 2.24) is 0 Å². The van der Waals surface area contributed by atoms with Gasteiger partial charge < -0.3 is 0 Å². The van der Waals surface area contributed by atoms with E-state index in [0.29, 0.717) is 12.3 Å². The molecule has 0 saturated heterocycles. The summed E-state index contributed by atoms with van der Waals surface area (Å²) < 4.78 is 26.7. The lowest BCUT2D eigenvalue weighted by atomic mass is 9.90. The van der Waals surface area contributed by atoms with Crippen LogP contribution in [0.2, 0.25) is 0 Å². The van der Waals surface area contributed by atoms with E-state index in [1.54, 1.807) is 0 Å². The lowest BCUT2D eigenvalue weighted by Gasteiger charge is -2.21. The van der Waals surface area contributed by atoms with Crippen LogP contribution in [0.1, 0.15) is 34.4 Å². The standard InChI is InChI=1S/C18H17BrF2/c19-18-14(8-12-9-15(20)11-16(21)10-12)6-3-5-13-4-1-2-7-17(13)18/h1-2,4,7,9-11,14,18H,3,5-6,8H2. The molecule has 110 valence electrons. The number of hydrogen-bond donors (Lipinski definition) is 0. The minimum atomic E-state index is -0.495. The van der Waals surface area contributed by atoms with Crippen molar-refractivity contribution in [1.29, 1.82) is 0 Å². The van der Waals surface area contributed by atoms with Crippen LogP contribution in [0.25, 0.3) is 0 Å². The second-order valence-electron chi connectivity index (χ2n) is 5.73. The van der Waals surface area contributed by atoms with Crippen LogP contribution in [0.15, 0.2) is 42.5 Å². The van der Waals surface area contributed by atoms with Gasteiger partial charge in [-0.1, -0.05) is 40.2 Å². The monoisotopic (exact) mass is 350 g/mol. The van der Waals surface area contributed by atoms with E-state index < -0.39 is 11.6 Å². The topological polar surface area (TPSA) is 0 Å². The lowest BCUT2D eigenvalue weighted by Crippen LogP contribution is -2.10. The molecule has 2 aromatic rings. The van der Waals surface area contributed by atoms with Gasteiger partial charge in [-0.2, -0.15) is 0 Å². The minimum Gasteiger partial charge on any atom is -0.207 e. The molecule has 0 saturated carbocycles. The lowest BCUT2D eigenvalue weighted by molar-refractivity contribution is 0.471. The molecular formula is C18H17BrF2. The molecule has 0 spiro atoms. The highest BCUT2D eigenvalue weighted by Gasteiger charge is 2.25. The van der Waals surface area contributed by atoms with Gasteiger partial charge in [0, 0.05) is 10.9 Å². The number of halogens is 3. The van der Waals surface area contributed by atoms with E-state index in [9.17, 15) is 8.78 Å². The number of hydrogen-bond acceptors (Lipinski definition) is 0. The van der Waals surface area contributed by atoms with E-state index in [2.05, 4.69) is 40.2 Å². The fourth-order valence-electron chi connectivity index (χ4n) is 3.22. The first-order chi connectivity index (χ1) is 10.1. The molecule has 0 radical (unpaired) electrons. The zero-order valence-corrected chi connectivity index (χ0v) is 13.2. The molecule has 1 aliphatic rings. The van der Waals surface area contributed by atoms with Gasteiger partial charge in [-0.25, -0.2) is 8.78 Å². The Morgan fingerprint density at radius 2 is 1.76 bits per heavy atom. The Balaban J connectivity index is 1.85. The number of rotatable bonds is 2. The van der Waals surface area contributed by atoms with Gasteiger partial charge in [0.1, 0.15) is 11.6 Å². The molecule has 2 unspecified atom stereocenters. The summed E-state index contributed by atoms with van der Waals surface area (Å²) in [5.74, 6) is -0.634. The Hall–Kier alpha value is -1.22. The molecule has 0 aliphatic heterocycles. The van der Waals surface area contributed by atoms with Gasteiger partial charge in [0.05, 0.1) is 0 Å². The van der Waals surface area contributed by atoms with E-state index in [4.69, 9.17) is 0 Å². The first kappa shape index (κ1) is 14.7. The van der Waals surface area contributed by atoms with Crippen LogP contribution in [0, 0.1) is 17.6 Å². The third-order valence-corrected chi connectivity index (χ3v) is 5.45. The van der Waals surface area contributed by atoms with E-state index in [-0.39, 0.29) is 4.83 Å². The minimum absolute atomic E-state index is 0.238. The van der Waals surface area contributed by atoms with Crippen LogP contribution in [-0.2, 0) is 12.8 Å². The molecule has 0 nitrogen and oxygen atoms in total. The fraction of sp³-hybridized carbons (Fsp3) is 0.333. The molecule has 3 heteroatoms. The van der Waals surface area contributed by atoms with Gasteiger partial charge >= 0.3 is 0 Å². The summed E-state index contributed by atoms with van der Waals surface area (Å²) in [5, 5.41) is 0. The Bertz CT molecular complexity index is 619. The SMILES string of the molecule is Fc1cc(F)cc(CC2CCCc3ccccc3C2Br)c1. The largest absolute Gasteiger partial charge is 0.207 e. The molecule has 1 aliphatic carbocycles. The van der Waals surface area contributed by atoms with Crippen molar-refractivity contribution in [2.24, 2.45) is 5.92 Å². The Labute approximate surface area is 132 Å². The highest BCUT2D eigenvalue weighted by Crippen LogP contribution is 2.40. The van der Waals surface area contributed by atoms with Crippen LogP contribution in [0.3, 0.4) is 0 Å². The fourth-order valence-corrected chi connectivity index (χ4v) is 4.12. The van der Waals surface area contributed by atoms with Crippen LogP contribution in [0.4, 0.5) is 8.78 Å². The van der Waals surface area contributed by atoms with E-state index in [1.807, 2.05) is 0 Å². The van der Waals surface area contributed by atoms with E-state index in [0.717, 1.165) is 30.9 Å². The first-order valence-corrected chi connectivity index (χ1v) is 8.22. The highest BCUT2D eigenvalue weighted by atomic mass is 79.9. The third-order valence-electron chi connectivity index (χ3n) is 4.21. The second-order valence-corrected chi connectivity index (χ2v) is 6.72. The zero-order valence-electron chi connectivity index (χ0n) is 11.7. The third kappa shape index (κ3) is 3.34. The van der Waals surface area contributed by atoms with Gasteiger partial charge in [-0.3, -0.25) is 0 Å². The molecule has 3 rings (SSSR count). The summed E-state index contributed by atoms with van der Waals surface area (Å²) in [6, 6.07) is 12.3. The summed E-state index contributed by atoms with van der Waals surface area (Å²) >= 11 is 3.81. The Morgan fingerprint density at radius 1 is 1.05 bits per heavy atom. The summed E-state index contributed by atoms with van der Waals surface area (Å²) in [4.78, 5) is 0.238. The molecule has 2 aromatic carbocycles. The van der Waals surface area contributed by atoms with Crippen molar-refractivity contribution in [2.45, 2.75) is 30.5 Å². The predicted molar refractivity (Wildman–Crippen MR) is 84.6 cm³/mol. The van der Waals surface area contributed by atoms with E-state index in [1.165, 1.54) is 23.3 Å². The zero-order chi connectivity index (χ0) is 14.8. The first-order valence-electron chi connectivity index (χ1n) is 7.30. The molecule has 0 fully saturated rings. The second kappa shape index (κ2) is 6.27. The Morgan fingerprint density at radius 3 is 2.52 bits per heavy atom. The van der Waals surface area contributed by atoms with Crippen LogP contribution >= 0.6 is 15.9 Å². The summed E-state index contributed by atoms with van der Waals surface area (Å²) in [5.41, 5.74) is 3.44. The molecule has 0 aromatic heterocycles. The molecule has 0 amide bonds. The van der Waals surface area contributed by atoms with Crippen LogP contribution in [-0.4, -0.2) is 0 Å². The van der Waals surface area contributed by atoms with Crippen molar-refractivity contribution in [3.8, 4) is 0 Å². The molecule has 21 heavy (non-hydrogen) atoms. The molecular weight excluding hydrogens is 334 g/mol. The van der Waals surface area contributed by atoms with Crippen molar-refractivity contribution in [3.63, 3.8) is 0 Å². The molecule has 0 heterocycles. The smallest absolute Gasteiger partial charge is 0.126 e. The Kier molecular flexibility index (Phi) is 4.39. The maximum atomic E-state index is 13.3. The number of alkyl halides is 1. The maximum absolute atomic E-state index is 13.3. The van der Waals surface area contributed by atoms with Gasteiger partial charge in [0.25, 0.3) is 0 Å². The number of fused-ring (bicyclic) bond motifs is 1. The van der Waals surface area contributed by atoms with Crippen molar-refractivity contribution in [3.05, 3.63) is 70.8 Å². The summed E-state index contributed by atoms with van der Waals surface area (Å²) in [6.45, 7) is 0. The molecule has 2 atom stereocenters. The van der Waals surface area contributed by atoms with Gasteiger partial charge in [-0.15, -0.1) is 0 Å². The van der Waals surface area contributed by atoms with Gasteiger partial charge in [-0.05, 0) is 60.4 Å². The summed E-state index contributed by atoms with van der Waals surface area (Å²) in [7, 11) is 0. The van der Waals surface area contributed by atoms with Crippen molar-refractivity contribution in [2.75, 3.05) is 0 Å². The van der Waals surface area contributed by atoms with Gasteiger partial charge in [0.15, 0.2) is 0 Å². The predicted octanol–water partition coefficient (Wildman–Crippen LogP) is 5.60. The van der Waals surface area contributed by atoms with Crippen molar-refractivity contribution >= 4 is 15.9 Å². The number of aryl methyl sites for hydroxylation is 1. The average Bonchev–Trinajstić information content (AvgIpc) is 2.59. The van der Waals surface area contributed by atoms with Gasteiger partial charge in [0.2, 0.25) is 0 Å². The maximum Gasteiger partial charge on any atom is 0.126 e. The van der Waals surface area contributed by atoms with E-state index >= 15 is 0 Å². The quantitative estimate of drug-likeness (QED) is 0.488.